The summed E-state index contributed by atoms with van der Waals surface area (Å²) in [4.78, 5) is 9.89. The molecule has 0 bridgehead atoms. The zero-order chi connectivity index (χ0) is 14.5. The summed E-state index contributed by atoms with van der Waals surface area (Å²) in [5.74, 6) is 0.816. The maximum absolute atomic E-state index is 4.42. The van der Waals surface area contributed by atoms with Gasteiger partial charge in [-0.1, -0.05) is 41.7 Å². The number of hydrogen-bond acceptors (Lipinski definition) is 5. The van der Waals surface area contributed by atoms with E-state index in [2.05, 4.69) is 32.7 Å². The molecule has 2 heterocycles. The minimum atomic E-state index is 0.816. The van der Waals surface area contributed by atoms with Crippen LogP contribution in [0.4, 0.5) is 10.9 Å². The number of hydrogen-bond donors (Lipinski definition) is 2. The molecular formula is C16H16N4S. The fraction of sp³-hybridized carbons (Fsp3) is 0.125. The highest BCUT2D eigenvalue weighted by atomic mass is 32.1. The smallest absolute Gasteiger partial charge is 0.188 e. The van der Waals surface area contributed by atoms with Crippen molar-refractivity contribution in [2.75, 3.05) is 12.4 Å². The average Bonchev–Trinajstić information content (AvgIpc) is 2.97. The largest absolute Gasteiger partial charge is 0.316 e. The fourth-order valence-corrected chi connectivity index (χ4v) is 2.86. The second-order valence-corrected chi connectivity index (χ2v) is 5.63. The second kappa shape index (κ2) is 6.47. The summed E-state index contributed by atoms with van der Waals surface area (Å²) in [7, 11) is 1.93. The summed E-state index contributed by atoms with van der Waals surface area (Å²) in [5, 5.41) is 7.24. The predicted octanol–water partition coefficient (Wildman–Crippen LogP) is 3.67. The van der Waals surface area contributed by atoms with Gasteiger partial charge in [0.15, 0.2) is 5.13 Å². The molecule has 2 aromatic heterocycles. The van der Waals surface area contributed by atoms with E-state index >= 15 is 0 Å². The molecule has 5 heteroatoms. The molecule has 1 aromatic carbocycles. The molecule has 0 amide bonds. The van der Waals surface area contributed by atoms with Crippen LogP contribution in [0.3, 0.4) is 0 Å². The van der Waals surface area contributed by atoms with Crippen molar-refractivity contribution in [1.29, 1.82) is 0 Å². The number of nitrogens with one attached hydrogen (secondary N) is 2. The highest BCUT2D eigenvalue weighted by molar-refractivity contribution is 7.18. The lowest BCUT2D eigenvalue weighted by atomic mass is 10.2. The van der Waals surface area contributed by atoms with E-state index in [-0.39, 0.29) is 0 Å². The Balaban J connectivity index is 1.77. The minimum absolute atomic E-state index is 0.816. The van der Waals surface area contributed by atoms with Crippen LogP contribution < -0.4 is 10.6 Å². The molecule has 0 aliphatic carbocycles. The second-order valence-electron chi connectivity index (χ2n) is 4.60. The van der Waals surface area contributed by atoms with Gasteiger partial charge in [0.25, 0.3) is 0 Å². The van der Waals surface area contributed by atoms with Gasteiger partial charge in [-0.15, -0.1) is 0 Å². The first kappa shape index (κ1) is 13.7. The molecule has 0 saturated heterocycles. The Labute approximate surface area is 127 Å². The summed E-state index contributed by atoms with van der Waals surface area (Å²) in [6.45, 7) is 0.824. The van der Waals surface area contributed by atoms with Crippen LogP contribution in [0, 0.1) is 0 Å². The lowest BCUT2D eigenvalue weighted by molar-refractivity contribution is 0.816. The van der Waals surface area contributed by atoms with Crippen molar-refractivity contribution in [1.82, 2.24) is 15.3 Å². The maximum atomic E-state index is 4.42. The number of anilines is 2. The van der Waals surface area contributed by atoms with E-state index in [1.165, 1.54) is 11.1 Å². The molecule has 3 rings (SSSR count). The van der Waals surface area contributed by atoms with Gasteiger partial charge in [0.05, 0.1) is 4.88 Å². The van der Waals surface area contributed by atoms with Crippen molar-refractivity contribution >= 4 is 22.3 Å². The Morgan fingerprint density at radius 1 is 1.10 bits per heavy atom. The Hall–Kier alpha value is -2.24. The molecule has 0 aliphatic rings. The maximum Gasteiger partial charge on any atom is 0.188 e. The molecule has 4 nitrogen and oxygen atoms in total. The van der Waals surface area contributed by atoms with Gasteiger partial charge in [-0.25, -0.2) is 9.97 Å². The average molecular weight is 296 g/mol. The van der Waals surface area contributed by atoms with Gasteiger partial charge in [-0.3, -0.25) is 0 Å². The van der Waals surface area contributed by atoms with Gasteiger partial charge in [-0.05, 0) is 30.3 Å². The number of aromatic nitrogens is 2. The lowest BCUT2D eigenvalue weighted by Crippen LogP contribution is -2.05. The summed E-state index contributed by atoms with van der Waals surface area (Å²) >= 11 is 1.62. The van der Waals surface area contributed by atoms with Crippen molar-refractivity contribution < 1.29 is 0 Å². The number of thiazole rings is 1. The SMILES string of the molecule is CNCc1ccnc(Nc2ncc(-c3ccccc3)s2)c1. The normalized spacial score (nSPS) is 10.5. The van der Waals surface area contributed by atoms with Gasteiger partial charge in [-0.2, -0.15) is 0 Å². The van der Waals surface area contributed by atoms with Crippen molar-refractivity contribution in [3.8, 4) is 10.4 Å². The highest BCUT2D eigenvalue weighted by Crippen LogP contribution is 2.30. The first-order chi connectivity index (χ1) is 10.3. The zero-order valence-corrected chi connectivity index (χ0v) is 12.5. The van der Waals surface area contributed by atoms with E-state index in [4.69, 9.17) is 0 Å². The minimum Gasteiger partial charge on any atom is -0.316 e. The van der Waals surface area contributed by atoms with Gasteiger partial charge >= 0.3 is 0 Å². The summed E-state index contributed by atoms with van der Waals surface area (Å²) in [5.41, 5.74) is 2.37. The van der Waals surface area contributed by atoms with Crippen LogP contribution in [0.5, 0.6) is 0 Å². The number of rotatable bonds is 5. The van der Waals surface area contributed by atoms with Gasteiger partial charge < -0.3 is 10.6 Å². The third kappa shape index (κ3) is 3.45. The van der Waals surface area contributed by atoms with E-state index in [1.807, 2.05) is 43.6 Å². The molecule has 3 aromatic rings. The number of benzene rings is 1. The van der Waals surface area contributed by atoms with Crippen molar-refractivity contribution in [3.05, 3.63) is 60.4 Å². The lowest BCUT2D eigenvalue weighted by Gasteiger charge is -2.04. The van der Waals surface area contributed by atoms with Gasteiger partial charge in [0, 0.05) is 18.9 Å². The molecule has 0 saturated carbocycles. The van der Waals surface area contributed by atoms with Crippen LogP contribution in [0.25, 0.3) is 10.4 Å². The van der Waals surface area contributed by atoms with Crippen LogP contribution in [0.1, 0.15) is 5.56 Å². The topological polar surface area (TPSA) is 49.8 Å². The summed E-state index contributed by atoms with van der Waals surface area (Å²) < 4.78 is 0. The molecule has 21 heavy (non-hydrogen) atoms. The molecule has 0 radical (unpaired) electrons. The van der Waals surface area contributed by atoms with Crippen LogP contribution >= 0.6 is 11.3 Å². The summed E-state index contributed by atoms with van der Waals surface area (Å²) in [6.07, 6.45) is 3.69. The van der Waals surface area contributed by atoms with E-state index in [9.17, 15) is 0 Å². The summed E-state index contributed by atoms with van der Waals surface area (Å²) in [6, 6.07) is 14.3. The van der Waals surface area contributed by atoms with Crippen molar-refractivity contribution in [2.45, 2.75) is 6.54 Å². The Morgan fingerprint density at radius 2 is 1.95 bits per heavy atom. The van der Waals surface area contributed by atoms with E-state index < -0.39 is 0 Å². The third-order valence-corrected chi connectivity index (χ3v) is 3.97. The number of pyridine rings is 1. The van der Waals surface area contributed by atoms with Crippen LogP contribution in [0.2, 0.25) is 0 Å². The molecule has 0 unspecified atom stereocenters. The first-order valence-corrected chi connectivity index (χ1v) is 7.54. The molecule has 0 atom stereocenters. The van der Waals surface area contributed by atoms with E-state index in [0.717, 1.165) is 22.4 Å². The number of nitrogens with zero attached hydrogens (tertiary/aromatic N) is 2. The predicted molar refractivity (Wildman–Crippen MR) is 87.8 cm³/mol. The fourth-order valence-electron chi connectivity index (χ4n) is 2.03. The van der Waals surface area contributed by atoms with E-state index in [0.29, 0.717) is 0 Å². The molecule has 2 N–H and O–H groups in total. The van der Waals surface area contributed by atoms with Gasteiger partial charge in [0.1, 0.15) is 5.82 Å². The van der Waals surface area contributed by atoms with Crippen molar-refractivity contribution in [3.63, 3.8) is 0 Å². The molecule has 106 valence electrons. The third-order valence-electron chi connectivity index (χ3n) is 3.00. The molecule has 0 spiro atoms. The van der Waals surface area contributed by atoms with Crippen molar-refractivity contribution in [2.24, 2.45) is 0 Å². The molecule has 0 fully saturated rings. The Bertz CT molecular complexity index is 709. The Kier molecular flexibility index (Phi) is 4.23. The standard InChI is InChI=1S/C16H16N4S/c1-17-10-12-7-8-18-15(9-12)20-16-19-11-14(21-16)13-5-3-2-4-6-13/h2-9,11,17H,10H2,1H3,(H,18,19,20). The molecule has 0 aliphatic heterocycles. The van der Waals surface area contributed by atoms with E-state index in [1.54, 1.807) is 17.5 Å². The zero-order valence-electron chi connectivity index (χ0n) is 11.7. The van der Waals surface area contributed by atoms with Gasteiger partial charge in [0.2, 0.25) is 0 Å². The first-order valence-electron chi connectivity index (χ1n) is 6.73. The van der Waals surface area contributed by atoms with Crippen LogP contribution in [-0.4, -0.2) is 17.0 Å². The molecular weight excluding hydrogens is 280 g/mol. The Morgan fingerprint density at radius 3 is 2.76 bits per heavy atom. The van der Waals surface area contributed by atoms with Crippen LogP contribution in [-0.2, 0) is 6.54 Å². The highest BCUT2D eigenvalue weighted by Gasteiger charge is 2.05. The quantitative estimate of drug-likeness (QED) is 0.754. The monoisotopic (exact) mass is 296 g/mol. The van der Waals surface area contributed by atoms with Crippen LogP contribution in [0.15, 0.2) is 54.9 Å².